The highest BCUT2D eigenvalue weighted by atomic mass is 35.5. The summed E-state index contributed by atoms with van der Waals surface area (Å²) in [5.74, 6) is -0.299. The number of benzene rings is 4. The molecule has 4 rings (SSSR count). The summed E-state index contributed by atoms with van der Waals surface area (Å²) in [5.41, 5.74) is 1.85. The molecule has 1 atom stereocenters. The van der Waals surface area contributed by atoms with Crippen LogP contribution in [0.2, 0.25) is 5.02 Å². The van der Waals surface area contributed by atoms with Gasteiger partial charge in [0.2, 0.25) is 11.8 Å². The van der Waals surface area contributed by atoms with E-state index in [1.165, 1.54) is 28.8 Å². The van der Waals surface area contributed by atoms with Crippen molar-refractivity contribution in [3.63, 3.8) is 0 Å². The normalized spacial score (nSPS) is 11.8. The molecule has 0 fully saturated rings. The van der Waals surface area contributed by atoms with Gasteiger partial charge in [-0.15, -0.1) is 11.8 Å². The van der Waals surface area contributed by atoms with Crippen LogP contribution in [0, 0.1) is 0 Å². The maximum atomic E-state index is 14.6. The first-order valence-electron chi connectivity index (χ1n) is 15.4. The summed E-state index contributed by atoms with van der Waals surface area (Å²) >= 11 is 7.81. The predicted octanol–water partition coefficient (Wildman–Crippen LogP) is 6.82. The Kier molecular flexibility index (Phi) is 13.2. The van der Waals surface area contributed by atoms with E-state index >= 15 is 0 Å². The molecular weight excluding hydrogens is 654 g/mol. The topological polar surface area (TPSA) is 96.0 Å². The van der Waals surface area contributed by atoms with E-state index in [2.05, 4.69) is 5.32 Å². The number of hydrogen-bond acceptors (Lipinski definition) is 6. The Morgan fingerprint density at radius 1 is 0.894 bits per heavy atom. The summed E-state index contributed by atoms with van der Waals surface area (Å²) in [6.07, 6.45) is 2.85. The molecular formula is C36H40ClN3O5S2. The number of carbonyl (C=O) groups excluding carboxylic acids is 2. The summed E-state index contributed by atoms with van der Waals surface area (Å²) < 4.78 is 35.2. The first kappa shape index (κ1) is 35.9. The van der Waals surface area contributed by atoms with Crippen LogP contribution < -0.4 is 14.4 Å². The number of hydrogen-bond donors (Lipinski definition) is 1. The monoisotopic (exact) mass is 693 g/mol. The molecule has 248 valence electrons. The number of sulfonamides is 1. The van der Waals surface area contributed by atoms with Crippen molar-refractivity contribution >= 4 is 50.9 Å². The average molecular weight is 694 g/mol. The molecule has 0 aliphatic rings. The van der Waals surface area contributed by atoms with Crippen molar-refractivity contribution in [3.8, 4) is 5.75 Å². The Morgan fingerprint density at radius 2 is 1.57 bits per heavy atom. The molecule has 2 amide bonds. The number of anilines is 1. The number of rotatable bonds is 16. The summed E-state index contributed by atoms with van der Waals surface area (Å²) in [7, 11) is -4.22. The van der Waals surface area contributed by atoms with E-state index in [4.69, 9.17) is 16.3 Å². The molecule has 0 heterocycles. The van der Waals surface area contributed by atoms with Crippen LogP contribution in [0.1, 0.15) is 31.4 Å². The van der Waals surface area contributed by atoms with Crippen LogP contribution in [0.4, 0.5) is 5.69 Å². The van der Waals surface area contributed by atoms with E-state index in [-0.39, 0.29) is 29.5 Å². The van der Waals surface area contributed by atoms with Gasteiger partial charge >= 0.3 is 0 Å². The quantitative estimate of drug-likeness (QED) is 0.129. The van der Waals surface area contributed by atoms with E-state index < -0.39 is 28.5 Å². The standard InChI is InChI=1S/C36H40ClN3O5S2/c1-4-22-38-36(42)34(24-27-10-7-6-8-11-27)39(25-28-12-9-13-29(37)23-28)35(41)26-40(30-14-16-31(17-15-30)45-5-2)47(43,44)33-20-18-32(46-3)19-21-33/h6-21,23,34H,4-5,22,24-26H2,1-3H3,(H,38,42)/t34-/m0/s1. The first-order valence-corrected chi connectivity index (χ1v) is 18.5. The van der Waals surface area contributed by atoms with Crippen molar-refractivity contribution in [1.29, 1.82) is 0 Å². The highest BCUT2D eigenvalue weighted by Crippen LogP contribution is 2.28. The number of thioether (sulfide) groups is 1. The van der Waals surface area contributed by atoms with Crippen LogP contribution in [0.3, 0.4) is 0 Å². The minimum atomic E-state index is -4.22. The zero-order valence-electron chi connectivity index (χ0n) is 26.8. The Bertz CT molecular complexity index is 1720. The minimum Gasteiger partial charge on any atom is -0.494 e. The zero-order chi connectivity index (χ0) is 33.8. The van der Waals surface area contributed by atoms with Gasteiger partial charge in [0, 0.05) is 29.4 Å². The molecule has 8 nitrogen and oxygen atoms in total. The van der Waals surface area contributed by atoms with Crippen molar-refractivity contribution < 1.29 is 22.7 Å². The van der Waals surface area contributed by atoms with Crippen molar-refractivity contribution in [1.82, 2.24) is 10.2 Å². The Hall–Kier alpha value is -3.99. The van der Waals surface area contributed by atoms with E-state index in [1.54, 1.807) is 54.6 Å². The van der Waals surface area contributed by atoms with Crippen molar-refractivity contribution in [2.45, 2.75) is 49.1 Å². The Labute approximate surface area is 287 Å². The number of ether oxygens (including phenoxy) is 1. The summed E-state index contributed by atoms with van der Waals surface area (Å²) in [6.45, 7) is 4.18. The summed E-state index contributed by atoms with van der Waals surface area (Å²) in [5, 5.41) is 3.43. The fourth-order valence-electron chi connectivity index (χ4n) is 5.03. The number of amides is 2. The molecule has 0 aliphatic heterocycles. The second kappa shape index (κ2) is 17.2. The van der Waals surface area contributed by atoms with Crippen molar-refractivity contribution in [2.24, 2.45) is 0 Å². The number of nitrogens with one attached hydrogen (secondary N) is 1. The maximum Gasteiger partial charge on any atom is 0.264 e. The lowest BCUT2D eigenvalue weighted by atomic mass is 10.0. The molecule has 0 bridgehead atoms. The third-order valence-corrected chi connectivity index (χ3v) is 10.2. The van der Waals surface area contributed by atoms with Gasteiger partial charge in [-0.25, -0.2) is 8.42 Å². The first-order chi connectivity index (χ1) is 22.7. The molecule has 4 aromatic rings. The highest BCUT2D eigenvalue weighted by Gasteiger charge is 2.34. The van der Waals surface area contributed by atoms with Crippen LogP contribution in [-0.4, -0.2) is 57.1 Å². The molecule has 11 heteroatoms. The molecule has 0 saturated carbocycles. The lowest BCUT2D eigenvalue weighted by Gasteiger charge is -2.34. The lowest BCUT2D eigenvalue weighted by molar-refractivity contribution is -0.140. The number of carbonyl (C=O) groups is 2. The second-order valence-corrected chi connectivity index (χ2v) is 13.9. The second-order valence-electron chi connectivity index (χ2n) is 10.8. The number of halogens is 1. The van der Waals surface area contributed by atoms with Gasteiger partial charge in [-0.05, 0) is 91.4 Å². The smallest absolute Gasteiger partial charge is 0.264 e. The molecule has 0 aromatic heterocycles. The van der Waals surface area contributed by atoms with E-state index in [1.807, 2.05) is 56.5 Å². The zero-order valence-corrected chi connectivity index (χ0v) is 29.2. The molecule has 0 spiro atoms. The molecule has 1 N–H and O–H groups in total. The molecule has 0 radical (unpaired) electrons. The van der Waals surface area contributed by atoms with Gasteiger partial charge in [-0.3, -0.25) is 13.9 Å². The third-order valence-electron chi connectivity index (χ3n) is 7.42. The minimum absolute atomic E-state index is 0.0377. The van der Waals surface area contributed by atoms with Crippen LogP contribution in [0.15, 0.2) is 113 Å². The number of nitrogens with zero attached hydrogens (tertiary/aromatic N) is 2. The fourth-order valence-corrected chi connectivity index (χ4v) is 7.07. The average Bonchev–Trinajstić information content (AvgIpc) is 3.08. The van der Waals surface area contributed by atoms with Crippen LogP contribution in [0.5, 0.6) is 5.75 Å². The van der Waals surface area contributed by atoms with Crippen molar-refractivity contribution in [3.05, 3.63) is 119 Å². The lowest BCUT2D eigenvalue weighted by Crippen LogP contribution is -2.53. The molecule has 4 aromatic carbocycles. The third kappa shape index (κ3) is 9.76. The molecule has 0 saturated heterocycles. The highest BCUT2D eigenvalue weighted by molar-refractivity contribution is 7.98. The van der Waals surface area contributed by atoms with Gasteiger partial charge in [-0.2, -0.15) is 0 Å². The van der Waals surface area contributed by atoms with Gasteiger partial charge in [0.1, 0.15) is 18.3 Å². The Morgan fingerprint density at radius 3 is 2.19 bits per heavy atom. The van der Waals surface area contributed by atoms with Gasteiger partial charge in [-0.1, -0.05) is 61.0 Å². The summed E-state index contributed by atoms with van der Waals surface area (Å²) in [4.78, 5) is 30.7. The van der Waals surface area contributed by atoms with Gasteiger partial charge in [0.15, 0.2) is 0 Å². The molecule has 0 aliphatic carbocycles. The SMILES string of the molecule is CCCNC(=O)[C@H](Cc1ccccc1)N(Cc1cccc(Cl)c1)C(=O)CN(c1ccc(OCC)cc1)S(=O)(=O)c1ccc(SC)cc1. The van der Waals surface area contributed by atoms with Gasteiger partial charge < -0.3 is 15.0 Å². The van der Waals surface area contributed by atoms with E-state index in [9.17, 15) is 18.0 Å². The van der Waals surface area contributed by atoms with E-state index in [0.29, 0.717) is 35.9 Å². The van der Waals surface area contributed by atoms with Crippen molar-refractivity contribution in [2.75, 3.05) is 30.3 Å². The maximum absolute atomic E-state index is 14.6. The van der Waals surface area contributed by atoms with Crippen LogP contribution >= 0.6 is 23.4 Å². The predicted molar refractivity (Wildman–Crippen MR) is 190 cm³/mol. The molecule has 0 unspecified atom stereocenters. The Balaban J connectivity index is 1.80. The summed E-state index contributed by atoms with van der Waals surface area (Å²) in [6, 6.07) is 28.7. The fraction of sp³-hybridized carbons (Fsp3) is 0.278. The molecule has 47 heavy (non-hydrogen) atoms. The van der Waals surface area contributed by atoms with Crippen LogP contribution in [0.25, 0.3) is 0 Å². The van der Waals surface area contributed by atoms with Gasteiger partial charge in [0.25, 0.3) is 10.0 Å². The van der Waals surface area contributed by atoms with Crippen LogP contribution in [-0.2, 0) is 32.6 Å². The van der Waals surface area contributed by atoms with Gasteiger partial charge in [0.05, 0.1) is 17.2 Å². The van der Waals surface area contributed by atoms with E-state index in [0.717, 1.165) is 14.8 Å². The largest absolute Gasteiger partial charge is 0.494 e.